The fourth-order valence-corrected chi connectivity index (χ4v) is 5.65. The van der Waals surface area contributed by atoms with Crippen molar-refractivity contribution >= 4 is 50.3 Å². The molecule has 0 spiro atoms. The van der Waals surface area contributed by atoms with Gasteiger partial charge in [0, 0.05) is 17.1 Å². The molecule has 0 saturated heterocycles. The number of aromatic nitrogens is 3. The highest BCUT2D eigenvalue weighted by molar-refractivity contribution is 8.01. The maximum absolute atomic E-state index is 6.52. The van der Waals surface area contributed by atoms with Crippen molar-refractivity contribution in [2.75, 3.05) is 11.5 Å². The second kappa shape index (κ2) is 7.73. The summed E-state index contributed by atoms with van der Waals surface area (Å²) in [6.45, 7) is 2.20. The Kier molecular flexibility index (Phi) is 5.19. The second-order valence-corrected chi connectivity index (χ2v) is 9.04. The first-order chi connectivity index (χ1) is 12.8. The molecule has 2 N–H and O–H groups in total. The number of hydrogen-bond acceptors (Lipinski definition) is 7. The highest BCUT2D eigenvalue weighted by atomic mass is 32.2. The molecule has 0 aliphatic carbocycles. The summed E-state index contributed by atoms with van der Waals surface area (Å²) >= 11 is 5.02. The molecule has 3 heterocycles. The molecular formula is C19H18N4S3. The Morgan fingerprint density at radius 1 is 1.15 bits per heavy atom. The summed E-state index contributed by atoms with van der Waals surface area (Å²) in [5.41, 5.74) is 9.26. The highest BCUT2D eigenvalue weighted by Crippen LogP contribution is 2.44. The van der Waals surface area contributed by atoms with Gasteiger partial charge in [-0.15, -0.1) is 34.4 Å². The van der Waals surface area contributed by atoms with E-state index < -0.39 is 0 Å². The summed E-state index contributed by atoms with van der Waals surface area (Å²) in [7, 11) is 0. The number of thiophene rings is 1. The van der Waals surface area contributed by atoms with Crippen molar-refractivity contribution < 1.29 is 0 Å². The predicted octanol–water partition coefficient (Wildman–Crippen LogP) is 5.96. The topological polar surface area (TPSA) is 64.7 Å². The van der Waals surface area contributed by atoms with E-state index in [0.717, 1.165) is 42.1 Å². The zero-order chi connectivity index (χ0) is 17.9. The molecule has 26 heavy (non-hydrogen) atoms. The second-order valence-electron chi connectivity index (χ2n) is 5.78. The SMILES string of the molecule is CCCCSc1sc2nc(-c3nccs3)nc(-c3ccccc3)c2c1N. The average Bonchev–Trinajstić information content (AvgIpc) is 3.31. The molecule has 0 saturated carbocycles. The number of nitrogens with two attached hydrogens (primary N) is 1. The van der Waals surface area contributed by atoms with Crippen LogP contribution in [-0.4, -0.2) is 20.7 Å². The normalized spacial score (nSPS) is 11.3. The van der Waals surface area contributed by atoms with Gasteiger partial charge in [0.2, 0.25) is 0 Å². The molecule has 4 rings (SSSR count). The van der Waals surface area contributed by atoms with E-state index in [2.05, 4.69) is 24.0 Å². The van der Waals surface area contributed by atoms with Crippen LogP contribution in [0.25, 0.3) is 32.3 Å². The van der Waals surface area contributed by atoms with Crippen molar-refractivity contribution in [2.24, 2.45) is 0 Å². The van der Waals surface area contributed by atoms with Crippen LogP contribution in [0.5, 0.6) is 0 Å². The van der Waals surface area contributed by atoms with E-state index in [0.29, 0.717) is 5.82 Å². The number of rotatable bonds is 6. The van der Waals surface area contributed by atoms with Gasteiger partial charge in [-0.1, -0.05) is 43.7 Å². The average molecular weight is 399 g/mol. The number of nitrogens with zero attached hydrogens (tertiary/aromatic N) is 3. The van der Waals surface area contributed by atoms with Crippen molar-refractivity contribution in [1.29, 1.82) is 0 Å². The molecule has 0 amide bonds. The van der Waals surface area contributed by atoms with E-state index in [9.17, 15) is 0 Å². The predicted molar refractivity (Wildman–Crippen MR) is 114 cm³/mol. The van der Waals surface area contributed by atoms with Crippen molar-refractivity contribution in [2.45, 2.75) is 24.0 Å². The fourth-order valence-electron chi connectivity index (χ4n) is 2.65. The number of unbranched alkanes of at least 4 members (excludes halogenated alkanes) is 1. The monoisotopic (exact) mass is 398 g/mol. The molecule has 1 aromatic carbocycles. The van der Waals surface area contributed by atoms with E-state index >= 15 is 0 Å². The Morgan fingerprint density at radius 3 is 2.73 bits per heavy atom. The lowest BCUT2D eigenvalue weighted by Gasteiger charge is -2.06. The Bertz CT molecular complexity index is 1010. The summed E-state index contributed by atoms with van der Waals surface area (Å²) in [4.78, 5) is 14.9. The van der Waals surface area contributed by atoms with Gasteiger partial charge < -0.3 is 5.73 Å². The Balaban J connectivity index is 1.90. The van der Waals surface area contributed by atoms with Crippen molar-refractivity contribution in [1.82, 2.24) is 15.0 Å². The molecule has 0 aliphatic rings. The summed E-state index contributed by atoms with van der Waals surface area (Å²) < 4.78 is 1.14. The van der Waals surface area contributed by atoms with Crippen LogP contribution >= 0.6 is 34.4 Å². The van der Waals surface area contributed by atoms with E-state index in [1.165, 1.54) is 12.8 Å². The summed E-state index contributed by atoms with van der Waals surface area (Å²) in [5, 5.41) is 3.73. The van der Waals surface area contributed by atoms with Crippen LogP contribution in [-0.2, 0) is 0 Å². The molecule has 0 fully saturated rings. The van der Waals surface area contributed by atoms with E-state index in [1.807, 2.05) is 35.3 Å². The third-order valence-corrected chi connectivity index (χ3v) is 7.20. The van der Waals surface area contributed by atoms with Gasteiger partial charge in [-0.2, -0.15) is 0 Å². The van der Waals surface area contributed by atoms with Gasteiger partial charge in [-0.05, 0) is 12.2 Å². The van der Waals surface area contributed by atoms with E-state index in [-0.39, 0.29) is 0 Å². The van der Waals surface area contributed by atoms with Crippen LogP contribution in [0.4, 0.5) is 5.69 Å². The lowest BCUT2D eigenvalue weighted by atomic mass is 10.1. The minimum absolute atomic E-state index is 0.665. The summed E-state index contributed by atoms with van der Waals surface area (Å²) in [5.74, 6) is 1.73. The molecule has 0 aliphatic heterocycles. The van der Waals surface area contributed by atoms with E-state index in [1.54, 1.807) is 28.9 Å². The van der Waals surface area contributed by atoms with Gasteiger partial charge >= 0.3 is 0 Å². The van der Waals surface area contributed by atoms with Crippen LogP contribution in [0.15, 0.2) is 46.1 Å². The van der Waals surface area contributed by atoms with Crippen LogP contribution in [0.1, 0.15) is 19.8 Å². The van der Waals surface area contributed by atoms with Crippen molar-refractivity contribution in [3.8, 4) is 22.1 Å². The number of thiazole rings is 1. The molecule has 4 nitrogen and oxygen atoms in total. The molecule has 0 unspecified atom stereocenters. The first-order valence-electron chi connectivity index (χ1n) is 8.46. The Morgan fingerprint density at radius 2 is 2.00 bits per heavy atom. The molecule has 3 aromatic heterocycles. The van der Waals surface area contributed by atoms with Crippen LogP contribution in [0.3, 0.4) is 0 Å². The Labute approximate surface area is 164 Å². The number of fused-ring (bicyclic) bond motifs is 1. The van der Waals surface area contributed by atoms with Crippen molar-refractivity contribution in [3.63, 3.8) is 0 Å². The molecule has 4 aromatic rings. The minimum Gasteiger partial charge on any atom is -0.397 e. The summed E-state index contributed by atoms with van der Waals surface area (Å²) in [6.07, 6.45) is 4.14. The number of anilines is 1. The Hall–Kier alpha value is -1.96. The molecule has 0 radical (unpaired) electrons. The zero-order valence-electron chi connectivity index (χ0n) is 14.3. The van der Waals surface area contributed by atoms with Gasteiger partial charge in [0.1, 0.15) is 4.83 Å². The van der Waals surface area contributed by atoms with Crippen molar-refractivity contribution in [3.05, 3.63) is 41.9 Å². The summed E-state index contributed by atoms with van der Waals surface area (Å²) in [6, 6.07) is 10.2. The molecule has 132 valence electrons. The maximum atomic E-state index is 6.52. The van der Waals surface area contributed by atoms with Gasteiger partial charge in [-0.25, -0.2) is 15.0 Å². The number of hydrogen-bond donors (Lipinski definition) is 1. The van der Waals surface area contributed by atoms with Gasteiger partial charge in [0.05, 0.1) is 21.0 Å². The lowest BCUT2D eigenvalue weighted by molar-refractivity contribution is 0.897. The van der Waals surface area contributed by atoms with Gasteiger partial charge in [0.25, 0.3) is 0 Å². The lowest BCUT2D eigenvalue weighted by Crippen LogP contribution is -1.95. The first-order valence-corrected chi connectivity index (χ1v) is 11.1. The number of thioether (sulfide) groups is 1. The van der Waals surface area contributed by atoms with E-state index in [4.69, 9.17) is 15.7 Å². The zero-order valence-corrected chi connectivity index (χ0v) is 16.8. The minimum atomic E-state index is 0.665. The fraction of sp³-hybridized carbons (Fsp3) is 0.211. The highest BCUT2D eigenvalue weighted by Gasteiger charge is 2.19. The largest absolute Gasteiger partial charge is 0.397 e. The number of benzene rings is 1. The third kappa shape index (κ3) is 3.34. The van der Waals surface area contributed by atoms with Gasteiger partial charge in [0.15, 0.2) is 10.8 Å². The maximum Gasteiger partial charge on any atom is 0.190 e. The molecular weight excluding hydrogens is 380 g/mol. The van der Waals surface area contributed by atoms with Crippen LogP contribution < -0.4 is 5.73 Å². The third-order valence-electron chi connectivity index (χ3n) is 3.96. The molecule has 7 heteroatoms. The smallest absolute Gasteiger partial charge is 0.190 e. The molecule has 0 atom stereocenters. The number of nitrogen functional groups attached to an aromatic ring is 1. The molecule has 0 bridgehead atoms. The van der Waals surface area contributed by atoms with Gasteiger partial charge in [-0.3, -0.25) is 0 Å². The quantitative estimate of drug-likeness (QED) is 0.321. The van der Waals surface area contributed by atoms with Crippen LogP contribution in [0, 0.1) is 0 Å². The standard InChI is InChI=1S/C19H18N4S3/c1-2-3-10-25-19-14(20)13-15(12-7-5-4-6-8-12)22-16(23-17(13)26-19)18-21-9-11-24-18/h4-9,11H,2-3,10,20H2,1H3. The van der Waals surface area contributed by atoms with Crippen LogP contribution in [0.2, 0.25) is 0 Å². The first kappa shape index (κ1) is 17.5.